The van der Waals surface area contributed by atoms with Crippen molar-refractivity contribution < 1.29 is 14.1 Å². The number of nitrogens with zero attached hydrogens (tertiary/aromatic N) is 5. The molecule has 0 saturated carbocycles. The summed E-state index contributed by atoms with van der Waals surface area (Å²) in [5.74, 6) is 2.34. The van der Waals surface area contributed by atoms with E-state index in [-0.39, 0.29) is 36.0 Å². The maximum atomic E-state index is 12.4. The molecule has 2 saturated heterocycles. The Hall–Kier alpha value is -1.43. The van der Waals surface area contributed by atoms with Crippen LogP contribution in [0.1, 0.15) is 31.0 Å². The van der Waals surface area contributed by atoms with Crippen LogP contribution in [0.15, 0.2) is 9.52 Å². The minimum atomic E-state index is -0.229. The molecule has 0 radical (unpaired) electrons. The Kier molecular flexibility index (Phi) is 8.74. The number of rotatable bonds is 5. The van der Waals surface area contributed by atoms with Crippen LogP contribution >= 0.6 is 24.0 Å². The summed E-state index contributed by atoms with van der Waals surface area (Å²) in [6, 6.07) is 0. The molecule has 152 valence electrons. The predicted octanol–water partition coefficient (Wildman–Crippen LogP) is 0.827. The summed E-state index contributed by atoms with van der Waals surface area (Å²) in [5, 5.41) is 7.16. The third-order valence-electron chi connectivity index (χ3n) is 4.73. The first kappa shape index (κ1) is 21.9. The van der Waals surface area contributed by atoms with Crippen molar-refractivity contribution in [2.24, 2.45) is 4.99 Å². The molecule has 0 aliphatic carbocycles. The van der Waals surface area contributed by atoms with Crippen molar-refractivity contribution >= 4 is 35.8 Å². The number of halogens is 1. The summed E-state index contributed by atoms with van der Waals surface area (Å²) < 4.78 is 10.6. The second kappa shape index (κ2) is 10.8. The van der Waals surface area contributed by atoms with E-state index in [4.69, 9.17) is 9.26 Å². The number of aryl methyl sites for hydroxylation is 2. The summed E-state index contributed by atoms with van der Waals surface area (Å²) in [5.41, 5.74) is 0. The highest BCUT2D eigenvalue weighted by Gasteiger charge is 2.30. The van der Waals surface area contributed by atoms with Gasteiger partial charge in [-0.25, -0.2) is 0 Å². The Morgan fingerprint density at radius 1 is 1.30 bits per heavy atom. The zero-order valence-corrected chi connectivity index (χ0v) is 18.3. The highest BCUT2D eigenvalue weighted by molar-refractivity contribution is 14.0. The fourth-order valence-corrected chi connectivity index (χ4v) is 3.33. The van der Waals surface area contributed by atoms with E-state index in [9.17, 15) is 4.79 Å². The molecule has 0 aromatic carbocycles. The molecule has 0 spiro atoms. The number of carbonyl (C=O) groups excluding carboxylic acids is 1. The number of carbonyl (C=O) groups is 1. The Bertz CT molecular complexity index is 624. The molecule has 3 heterocycles. The molecule has 2 aliphatic rings. The van der Waals surface area contributed by atoms with Crippen LogP contribution in [-0.4, -0.2) is 84.3 Å². The average Bonchev–Trinajstić information content (AvgIpc) is 3.33. The standard InChI is InChI=1S/C17H28N6O3.HI/c1-13-20-15(26-21-13)6-3-7-19-17(18-2)23-10-8-22(9-11-23)16(24)14-5-4-12-25-14;/h14H,3-12H2,1-2H3,(H,18,19);1H. The van der Waals surface area contributed by atoms with Crippen molar-refractivity contribution in [3.8, 4) is 0 Å². The quantitative estimate of drug-likeness (QED) is 0.282. The molecular formula is C17H29IN6O3. The van der Waals surface area contributed by atoms with Gasteiger partial charge in [-0.2, -0.15) is 4.98 Å². The fourth-order valence-electron chi connectivity index (χ4n) is 3.33. The number of ether oxygens (including phenoxy) is 1. The lowest BCUT2D eigenvalue weighted by Crippen LogP contribution is -2.55. The van der Waals surface area contributed by atoms with Crippen molar-refractivity contribution in [2.45, 2.75) is 38.7 Å². The smallest absolute Gasteiger partial charge is 0.251 e. The van der Waals surface area contributed by atoms with Gasteiger partial charge in [-0.1, -0.05) is 5.16 Å². The number of hydrogen-bond donors (Lipinski definition) is 1. The normalized spacial score (nSPS) is 20.5. The number of nitrogens with one attached hydrogen (secondary N) is 1. The van der Waals surface area contributed by atoms with Crippen LogP contribution in [0.3, 0.4) is 0 Å². The molecule has 10 heteroatoms. The van der Waals surface area contributed by atoms with E-state index in [1.54, 1.807) is 7.05 Å². The Balaban J connectivity index is 0.00000261. The molecule has 1 unspecified atom stereocenters. The number of piperazine rings is 1. The molecule has 1 aromatic heterocycles. The lowest BCUT2D eigenvalue weighted by molar-refractivity contribution is -0.142. The van der Waals surface area contributed by atoms with Crippen molar-refractivity contribution in [3.05, 3.63) is 11.7 Å². The van der Waals surface area contributed by atoms with E-state index in [0.29, 0.717) is 31.4 Å². The minimum Gasteiger partial charge on any atom is -0.368 e. The van der Waals surface area contributed by atoms with Gasteiger partial charge in [0.1, 0.15) is 6.10 Å². The number of amides is 1. The SMILES string of the molecule is CN=C(NCCCc1nc(C)no1)N1CCN(C(=O)C2CCCO2)CC1.I. The topological polar surface area (TPSA) is 96.1 Å². The van der Waals surface area contributed by atoms with E-state index >= 15 is 0 Å². The lowest BCUT2D eigenvalue weighted by atomic mass is 10.2. The van der Waals surface area contributed by atoms with Crippen LogP contribution < -0.4 is 5.32 Å². The van der Waals surface area contributed by atoms with Gasteiger partial charge in [-0.3, -0.25) is 9.79 Å². The molecule has 1 aromatic rings. The fraction of sp³-hybridized carbons (Fsp3) is 0.765. The maximum Gasteiger partial charge on any atom is 0.251 e. The first-order valence-electron chi connectivity index (χ1n) is 9.32. The Morgan fingerprint density at radius 3 is 2.63 bits per heavy atom. The highest BCUT2D eigenvalue weighted by atomic mass is 127. The molecule has 27 heavy (non-hydrogen) atoms. The second-order valence-corrected chi connectivity index (χ2v) is 6.63. The van der Waals surface area contributed by atoms with Gasteiger partial charge in [-0.15, -0.1) is 24.0 Å². The number of hydrogen-bond acceptors (Lipinski definition) is 6. The first-order valence-corrected chi connectivity index (χ1v) is 9.32. The van der Waals surface area contributed by atoms with E-state index < -0.39 is 0 Å². The third kappa shape index (κ3) is 6.03. The van der Waals surface area contributed by atoms with E-state index in [2.05, 4.69) is 25.3 Å². The molecule has 1 amide bonds. The maximum absolute atomic E-state index is 12.4. The van der Waals surface area contributed by atoms with Crippen LogP contribution in [0.25, 0.3) is 0 Å². The van der Waals surface area contributed by atoms with Gasteiger partial charge in [0.05, 0.1) is 0 Å². The molecule has 1 N–H and O–H groups in total. The van der Waals surface area contributed by atoms with Gasteiger partial charge in [0, 0.05) is 52.8 Å². The summed E-state index contributed by atoms with van der Waals surface area (Å²) in [4.78, 5) is 25.1. The van der Waals surface area contributed by atoms with Crippen molar-refractivity contribution in [3.63, 3.8) is 0 Å². The largest absolute Gasteiger partial charge is 0.368 e. The second-order valence-electron chi connectivity index (χ2n) is 6.63. The first-order chi connectivity index (χ1) is 12.7. The number of aliphatic imine (C=N–C) groups is 1. The van der Waals surface area contributed by atoms with E-state index in [1.807, 2.05) is 11.8 Å². The van der Waals surface area contributed by atoms with Crippen LogP contribution in [-0.2, 0) is 16.0 Å². The van der Waals surface area contributed by atoms with Crippen molar-refractivity contribution in [1.82, 2.24) is 25.3 Å². The molecule has 3 rings (SSSR count). The van der Waals surface area contributed by atoms with Gasteiger partial charge in [0.15, 0.2) is 11.8 Å². The molecule has 2 aliphatic heterocycles. The zero-order chi connectivity index (χ0) is 18.4. The van der Waals surface area contributed by atoms with Gasteiger partial charge < -0.3 is 24.4 Å². The Morgan fingerprint density at radius 2 is 2.04 bits per heavy atom. The van der Waals surface area contributed by atoms with Gasteiger partial charge in [0.25, 0.3) is 5.91 Å². The number of aromatic nitrogens is 2. The zero-order valence-electron chi connectivity index (χ0n) is 16.0. The Labute approximate surface area is 176 Å². The van der Waals surface area contributed by atoms with E-state index in [0.717, 1.165) is 51.3 Å². The predicted molar refractivity (Wildman–Crippen MR) is 111 cm³/mol. The van der Waals surface area contributed by atoms with Crippen LogP contribution in [0.2, 0.25) is 0 Å². The monoisotopic (exact) mass is 492 g/mol. The average molecular weight is 492 g/mol. The van der Waals surface area contributed by atoms with Crippen molar-refractivity contribution in [1.29, 1.82) is 0 Å². The van der Waals surface area contributed by atoms with Crippen molar-refractivity contribution in [2.75, 3.05) is 46.4 Å². The van der Waals surface area contributed by atoms with Gasteiger partial charge >= 0.3 is 0 Å². The summed E-state index contributed by atoms with van der Waals surface area (Å²) in [7, 11) is 1.79. The van der Waals surface area contributed by atoms with Gasteiger partial charge in [0.2, 0.25) is 5.89 Å². The van der Waals surface area contributed by atoms with Crippen LogP contribution in [0.4, 0.5) is 0 Å². The summed E-state index contributed by atoms with van der Waals surface area (Å²) >= 11 is 0. The minimum absolute atomic E-state index is 0. The summed E-state index contributed by atoms with van der Waals surface area (Å²) in [6.45, 7) is 6.28. The molecule has 0 bridgehead atoms. The van der Waals surface area contributed by atoms with Crippen LogP contribution in [0.5, 0.6) is 0 Å². The molecule has 1 atom stereocenters. The van der Waals surface area contributed by atoms with E-state index in [1.165, 1.54) is 0 Å². The lowest BCUT2D eigenvalue weighted by Gasteiger charge is -2.37. The molecular weight excluding hydrogens is 463 g/mol. The molecule has 9 nitrogen and oxygen atoms in total. The van der Waals surface area contributed by atoms with Crippen LogP contribution in [0, 0.1) is 6.92 Å². The number of guanidine groups is 1. The van der Waals surface area contributed by atoms with Gasteiger partial charge in [-0.05, 0) is 26.2 Å². The summed E-state index contributed by atoms with van der Waals surface area (Å²) in [6.07, 6.45) is 3.23. The molecule has 2 fully saturated rings. The third-order valence-corrected chi connectivity index (χ3v) is 4.73. The highest BCUT2D eigenvalue weighted by Crippen LogP contribution is 2.16.